The van der Waals surface area contributed by atoms with Gasteiger partial charge in [-0.25, -0.2) is 14.5 Å². The zero-order chi connectivity index (χ0) is 22.2. The van der Waals surface area contributed by atoms with E-state index < -0.39 is 0 Å². The minimum Gasteiger partial charge on any atom is -0.485 e. The van der Waals surface area contributed by atoms with Gasteiger partial charge in [-0.3, -0.25) is 4.98 Å². The largest absolute Gasteiger partial charge is 0.485 e. The summed E-state index contributed by atoms with van der Waals surface area (Å²) in [5, 5.41) is 7.90. The van der Waals surface area contributed by atoms with Gasteiger partial charge in [0.2, 0.25) is 0 Å². The van der Waals surface area contributed by atoms with Crippen LogP contribution in [0.5, 0.6) is 5.75 Å². The van der Waals surface area contributed by atoms with E-state index >= 15 is 0 Å². The molecule has 4 aromatic heterocycles. The molecule has 32 heavy (non-hydrogen) atoms. The summed E-state index contributed by atoms with van der Waals surface area (Å²) in [5.41, 5.74) is 4.87. The number of hydrogen-bond acceptors (Lipinski definition) is 7. The van der Waals surface area contributed by atoms with Gasteiger partial charge in [0.1, 0.15) is 23.5 Å². The zero-order valence-electron chi connectivity index (χ0n) is 18.7. The summed E-state index contributed by atoms with van der Waals surface area (Å²) in [7, 11) is 0. The standard InChI is InChI=1S/C24H26N6O2/c1-14-12-31-13-22(14)32-21-11-25-15(2)7-20(21)18-5-6-30-19(9-18)10-24(29-30)28-23-8-16(3)26-17(4)27-23/h5-11,14,22H,12-13H2,1-4H3,(H,26,27,28,29)/t14-,22+/m1/s1. The third kappa shape index (κ3) is 4.13. The topological polar surface area (TPSA) is 86.5 Å². The summed E-state index contributed by atoms with van der Waals surface area (Å²) in [4.78, 5) is 13.2. The summed E-state index contributed by atoms with van der Waals surface area (Å²) in [6, 6.07) is 10.1. The molecule has 1 aliphatic heterocycles. The summed E-state index contributed by atoms with van der Waals surface area (Å²) in [6.45, 7) is 9.29. The zero-order valence-corrected chi connectivity index (χ0v) is 18.7. The SMILES string of the molecule is Cc1cc(-c2ccn3nc(Nc4cc(C)nc(C)n4)cc3c2)c(O[C@H]2COC[C@H]2C)cn1. The second-order valence-corrected chi connectivity index (χ2v) is 8.37. The fourth-order valence-electron chi connectivity index (χ4n) is 3.96. The van der Waals surface area contributed by atoms with Crippen molar-refractivity contribution in [3.05, 3.63) is 59.9 Å². The van der Waals surface area contributed by atoms with Crippen LogP contribution < -0.4 is 10.1 Å². The average molecular weight is 431 g/mol. The Morgan fingerprint density at radius 1 is 1.03 bits per heavy atom. The van der Waals surface area contributed by atoms with Gasteiger partial charge in [-0.05, 0) is 44.5 Å². The van der Waals surface area contributed by atoms with Gasteiger partial charge >= 0.3 is 0 Å². The van der Waals surface area contributed by atoms with Crippen LogP contribution in [-0.4, -0.2) is 43.9 Å². The molecule has 164 valence electrons. The van der Waals surface area contributed by atoms with Crippen molar-refractivity contribution in [2.45, 2.75) is 33.8 Å². The van der Waals surface area contributed by atoms with E-state index in [1.165, 1.54) is 0 Å². The molecule has 0 bridgehead atoms. The maximum Gasteiger partial charge on any atom is 0.154 e. The van der Waals surface area contributed by atoms with Gasteiger partial charge in [-0.1, -0.05) is 6.92 Å². The van der Waals surface area contributed by atoms with Crippen molar-refractivity contribution in [2.75, 3.05) is 18.5 Å². The second-order valence-electron chi connectivity index (χ2n) is 8.37. The molecule has 5 heterocycles. The minimum atomic E-state index is 0.0348. The van der Waals surface area contributed by atoms with E-state index in [-0.39, 0.29) is 6.10 Å². The lowest BCUT2D eigenvalue weighted by atomic mass is 10.1. The third-order valence-corrected chi connectivity index (χ3v) is 5.58. The summed E-state index contributed by atoms with van der Waals surface area (Å²) >= 11 is 0. The maximum absolute atomic E-state index is 6.31. The maximum atomic E-state index is 6.31. The highest BCUT2D eigenvalue weighted by Gasteiger charge is 2.27. The molecule has 0 saturated carbocycles. The Morgan fingerprint density at radius 3 is 2.69 bits per heavy atom. The van der Waals surface area contributed by atoms with E-state index in [4.69, 9.17) is 9.47 Å². The second kappa shape index (κ2) is 8.20. The lowest BCUT2D eigenvalue weighted by Gasteiger charge is -2.19. The number of aromatic nitrogens is 5. The van der Waals surface area contributed by atoms with Gasteiger partial charge in [0.05, 0.1) is 24.9 Å². The Balaban J connectivity index is 1.47. The molecular weight excluding hydrogens is 404 g/mol. The summed E-state index contributed by atoms with van der Waals surface area (Å²) in [5.74, 6) is 3.29. The van der Waals surface area contributed by atoms with Crippen LogP contribution in [0.1, 0.15) is 24.1 Å². The van der Waals surface area contributed by atoms with E-state index in [2.05, 4.69) is 44.4 Å². The van der Waals surface area contributed by atoms with E-state index in [0.717, 1.165) is 57.8 Å². The van der Waals surface area contributed by atoms with Gasteiger partial charge in [-0.15, -0.1) is 0 Å². The number of hydrogen-bond donors (Lipinski definition) is 1. The molecule has 1 fully saturated rings. The van der Waals surface area contributed by atoms with E-state index in [0.29, 0.717) is 12.5 Å². The molecule has 0 radical (unpaired) electrons. The van der Waals surface area contributed by atoms with Crippen molar-refractivity contribution in [3.8, 4) is 16.9 Å². The molecule has 2 atom stereocenters. The molecule has 1 N–H and O–H groups in total. The van der Waals surface area contributed by atoms with Gasteiger partial charge in [0, 0.05) is 41.2 Å². The van der Waals surface area contributed by atoms with Crippen molar-refractivity contribution < 1.29 is 9.47 Å². The molecule has 1 aliphatic rings. The van der Waals surface area contributed by atoms with Gasteiger partial charge in [0.25, 0.3) is 0 Å². The molecule has 8 heteroatoms. The number of pyridine rings is 2. The van der Waals surface area contributed by atoms with Crippen LogP contribution in [-0.2, 0) is 4.74 Å². The van der Waals surface area contributed by atoms with Crippen LogP contribution in [0.4, 0.5) is 11.6 Å². The molecule has 0 spiro atoms. The van der Waals surface area contributed by atoms with Crippen LogP contribution in [0.15, 0.2) is 42.7 Å². The molecule has 0 aromatic carbocycles. The van der Waals surface area contributed by atoms with Gasteiger partial charge in [0.15, 0.2) is 5.82 Å². The number of rotatable bonds is 5. The number of ether oxygens (including phenoxy) is 2. The number of aryl methyl sites for hydroxylation is 3. The van der Waals surface area contributed by atoms with E-state index in [1.807, 2.05) is 55.9 Å². The first kappa shape index (κ1) is 20.4. The van der Waals surface area contributed by atoms with E-state index in [9.17, 15) is 0 Å². The normalized spacial score (nSPS) is 18.2. The van der Waals surface area contributed by atoms with Gasteiger partial charge < -0.3 is 14.8 Å². The van der Waals surface area contributed by atoms with Crippen molar-refractivity contribution in [1.29, 1.82) is 0 Å². The number of nitrogens with one attached hydrogen (secondary N) is 1. The number of anilines is 2. The summed E-state index contributed by atoms with van der Waals surface area (Å²) in [6.07, 6.45) is 3.79. The van der Waals surface area contributed by atoms with Crippen LogP contribution in [0.2, 0.25) is 0 Å². The number of nitrogens with zero attached hydrogens (tertiary/aromatic N) is 5. The predicted octanol–water partition coefficient (Wildman–Crippen LogP) is 4.27. The highest BCUT2D eigenvalue weighted by Crippen LogP contribution is 2.33. The highest BCUT2D eigenvalue weighted by atomic mass is 16.5. The molecule has 0 unspecified atom stereocenters. The Bertz CT molecular complexity index is 1260. The molecular formula is C24H26N6O2. The Hall–Kier alpha value is -3.52. The van der Waals surface area contributed by atoms with Gasteiger partial charge in [-0.2, -0.15) is 5.10 Å². The molecule has 5 rings (SSSR count). The number of fused-ring (bicyclic) bond motifs is 1. The lowest BCUT2D eigenvalue weighted by Crippen LogP contribution is -2.23. The molecule has 0 amide bonds. The van der Waals surface area contributed by atoms with Crippen molar-refractivity contribution in [3.63, 3.8) is 0 Å². The smallest absolute Gasteiger partial charge is 0.154 e. The van der Waals surface area contributed by atoms with Crippen LogP contribution >= 0.6 is 0 Å². The van der Waals surface area contributed by atoms with Crippen molar-refractivity contribution >= 4 is 17.2 Å². The third-order valence-electron chi connectivity index (χ3n) is 5.58. The molecule has 4 aromatic rings. The first-order valence-corrected chi connectivity index (χ1v) is 10.7. The van der Waals surface area contributed by atoms with Crippen molar-refractivity contribution in [1.82, 2.24) is 24.6 Å². The highest BCUT2D eigenvalue weighted by molar-refractivity contribution is 5.75. The quantitative estimate of drug-likeness (QED) is 0.506. The summed E-state index contributed by atoms with van der Waals surface area (Å²) < 4.78 is 13.7. The minimum absolute atomic E-state index is 0.0348. The Labute approximate surface area is 186 Å². The van der Waals surface area contributed by atoms with Crippen LogP contribution in [0.25, 0.3) is 16.6 Å². The fraction of sp³-hybridized carbons (Fsp3) is 0.333. The molecule has 8 nitrogen and oxygen atoms in total. The molecule has 1 saturated heterocycles. The Kier molecular flexibility index (Phi) is 5.22. The van der Waals surface area contributed by atoms with Crippen molar-refractivity contribution in [2.24, 2.45) is 5.92 Å². The monoisotopic (exact) mass is 430 g/mol. The fourth-order valence-corrected chi connectivity index (χ4v) is 3.96. The van der Waals surface area contributed by atoms with E-state index in [1.54, 1.807) is 0 Å². The average Bonchev–Trinajstić information content (AvgIpc) is 3.33. The Morgan fingerprint density at radius 2 is 1.91 bits per heavy atom. The van der Waals surface area contributed by atoms with Crippen LogP contribution in [0.3, 0.4) is 0 Å². The first-order chi connectivity index (χ1) is 15.4. The molecule has 0 aliphatic carbocycles. The predicted molar refractivity (Wildman–Crippen MR) is 122 cm³/mol. The lowest BCUT2D eigenvalue weighted by molar-refractivity contribution is 0.138. The first-order valence-electron chi connectivity index (χ1n) is 10.7. The van der Waals surface area contributed by atoms with Crippen LogP contribution in [0, 0.1) is 26.7 Å².